The van der Waals surface area contributed by atoms with E-state index in [1.165, 1.54) is 0 Å². The fourth-order valence-electron chi connectivity index (χ4n) is 1.49. The van der Waals surface area contributed by atoms with E-state index in [1.807, 2.05) is 47.0 Å². The highest BCUT2D eigenvalue weighted by molar-refractivity contribution is 7.99. The maximum absolute atomic E-state index is 11.7. The van der Waals surface area contributed by atoms with Crippen LogP contribution in [0.15, 0.2) is 30.3 Å². The van der Waals surface area contributed by atoms with Crippen LogP contribution in [0.2, 0.25) is 0 Å². The molecule has 2 nitrogen and oxygen atoms in total. The summed E-state index contributed by atoms with van der Waals surface area (Å²) < 4.78 is 0. The summed E-state index contributed by atoms with van der Waals surface area (Å²) in [6, 6.07) is 9.92. The monoisotopic (exact) mass is 207 g/mol. The molecule has 0 spiro atoms. The van der Waals surface area contributed by atoms with Crippen LogP contribution < -0.4 is 0 Å². The van der Waals surface area contributed by atoms with Crippen molar-refractivity contribution >= 4 is 17.7 Å². The molecule has 1 heterocycles. The number of carbonyl (C=O) groups excluding carboxylic acids is 1. The lowest BCUT2D eigenvalue weighted by Crippen LogP contribution is -2.29. The average molecular weight is 207 g/mol. The zero-order chi connectivity index (χ0) is 9.80. The van der Waals surface area contributed by atoms with E-state index in [2.05, 4.69) is 0 Å². The maximum Gasteiger partial charge on any atom is 0.227 e. The van der Waals surface area contributed by atoms with Crippen LogP contribution in [0.5, 0.6) is 0 Å². The number of thioether (sulfide) groups is 1. The highest BCUT2D eigenvalue weighted by Crippen LogP contribution is 2.14. The van der Waals surface area contributed by atoms with Gasteiger partial charge in [0.05, 0.1) is 12.3 Å². The van der Waals surface area contributed by atoms with E-state index in [0.29, 0.717) is 6.42 Å². The Hall–Kier alpha value is -0.960. The third-order valence-electron chi connectivity index (χ3n) is 2.30. The number of rotatable bonds is 2. The van der Waals surface area contributed by atoms with Gasteiger partial charge in [-0.05, 0) is 5.56 Å². The summed E-state index contributed by atoms with van der Waals surface area (Å²) in [5.74, 6) is 2.20. The second-order valence-electron chi connectivity index (χ2n) is 3.36. The zero-order valence-corrected chi connectivity index (χ0v) is 8.80. The summed E-state index contributed by atoms with van der Waals surface area (Å²) in [6.07, 6.45) is 0.543. The van der Waals surface area contributed by atoms with Gasteiger partial charge >= 0.3 is 0 Å². The van der Waals surface area contributed by atoms with Crippen LogP contribution in [0, 0.1) is 0 Å². The summed E-state index contributed by atoms with van der Waals surface area (Å²) in [4.78, 5) is 13.7. The van der Waals surface area contributed by atoms with Gasteiger partial charge in [-0.15, -0.1) is 11.8 Å². The highest BCUT2D eigenvalue weighted by Gasteiger charge is 2.17. The number of amides is 1. The fourth-order valence-corrected chi connectivity index (χ4v) is 2.47. The second-order valence-corrected chi connectivity index (χ2v) is 4.43. The molecule has 0 aliphatic carbocycles. The minimum Gasteiger partial charge on any atom is -0.332 e. The normalized spacial score (nSPS) is 15.9. The van der Waals surface area contributed by atoms with E-state index < -0.39 is 0 Å². The van der Waals surface area contributed by atoms with E-state index in [0.717, 1.165) is 23.7 Å². The first-order valence-electron chi connectivity index (χ1n) is 4.76. The summed E-state index contributed by atoms with van der Waals surface area (Å²) in [7, 11) is 0. The Bertz CT molecular complexity index is 306. The molecule has 0 radical (unpaired) electrons. The third-order valence-corrected chi connectivity index (χ3v) is 3.27. The van der Waals surface area contributed by atoms with Crippen molar-refractivity contribution < 1.29 is 4.79 Å². The van der Waals surface area contributed by atoms with Gasteiger partial charge in [-0.2, -0.15) is 0 Å². The molecule has 0 bridgehead atoms. The molecule has 1 saturated heterocycles. The number of hydrogen-bond acceptors (Lipinski definition) is 2. The molecule has 1 aliphatic rings. The minimum absolute atomic E-state index is 0.251. The first-order valence-corrected chi connectivity index (χ1v) is 5.91. The average Bonchev–Trinajstić information content (AvgIpc) is 2.72. The molecule has 1 aromatic carbocycles. The third kappa shape index (κ3) is 2.29. The predicted molar refractivity (Wildman–Crippen MR) is 59.2 cm³/mol. The van der Waals surface area contributed by atoms with E-state index >= 15 is 0 Å². The Morgan fingerprint density at radius 2 is 2.14 bits per heavy atom. The van der Waals surface area contributed by atoms with Gasteiger partial charge in [-0.25, -0.2) is 0 Å². The first kappa shape index (κ1) is 9.59. The van der Waals surface area contributed by atoms with Crippen LogP contribution in [-0.2, 0) is 11.2 Å². The van der Waals surface area contributed by atoms with Crippen molar-refractivity contribution in [2.45, 2.75) is 6.42 Å². The van der Waals surface area contributed by atoms with E-state index in [1.54, 1.807) is 0 Å². The van der Waals surface area contributed by atoms with Gasteiger partial charge in [0.25, 0.3) is 0 Å². The van der Waals surface area contributed by atoms with Gasteiger partial charge in [-0.1, -0.05) is 30.3 Å². The van der Waals surface area contributed by atoms with Gasteiger partial charge in [0.2, 0.25) is 5.91 Å². The molecule has 14 heavy (non-hydrogen) atoms. The number of benzene rings is 1. The fraction of sp³-hybridized carbons (Fsp3) is 0.364. The lowest BCUT2D eigenvalue weighted by atomic mass is 10.1. The molecule has 1 fully saturated rings. The van der Waals surface area contributed by atoms with Crippen molar-refractivity contribution in [2.75, 3.05) is 18.2 Å². The molecule has 0 N–H and O–H groups in total. The van der Waals surface area contributed by atoms with Crippen molar-refractivity contribution in [3.8, 4) is 0 Å². The lowest BCUT2D eigenvalue weighted by molar-refractivity contribution is -0.128. The van der Waals surface area contributed by atoms with Crippen molar-refractivity contribution in [3.63, 3.8) is 0 Å². The molecule has 1 aliphatic heterocycles. The van der Waals surface area contributed by atoms with Gasteiger partial charge in [-0.3, -0.25) is 4.79 Å². The Balaban J connectivity index is 1.94. The summed E-state index contributed by atoms with van der Waals surface area (Å²) >= 11 is 1.83. The number of nitrogens with zero attached hydrogens (tertiary/aromatic N) is 1. The molecular formula is C11H13NOS. The zero-order valence-electron chi connectivity index (χ0n) is 7.98. The topological polar surface area (TPSA) is 20.3 Å². The van der Waals surface area contributed by atoms with Crippen LogP contribution in [0.4, 0.5) is 0 Å². The van der Waals surface area contributed by atoms with Crippen LogP contribution in [-0.4, -0.2) is 29.0 Å². The Morgan fingerprint density at radius 1 is 1.36 bits per heavy atom. The molecule has 1 amide bonds. The van der Waals surface area contributed by atoms with Crippen LogP contribution in [0.3, 0.4) is 0 Å². The Labute approximate surface area is 88.3 Å². The van der Waals surface area contributed by atoms with E-state index in [-0.39, 0.29) is 5.91 Å². The molecule has 1 aromatic rings. The summed E-state index contributed by atoms with van der Waals surface area (Å²) in [5.41, 5.74) is 1.11. The van der Waals surface area contributed by atoms with Crippen LogP contribution in [0.1, 0.15) is 5.56 Å². The number of hydrogen-bond donors (Lipinski definition) is 0. The lowest BCUT2D eigenvalue weighted by Gasteiger charge is -2.13. The smallest absolute Gasteiger partial charge is 0.227 e. The van der Waals surface area contributed by atoms with Gasteiger partial charge in [0.15, 0.2) is 0 Å². The van der Waals surface area contributed by atoms with E-state index in [9.17, 15) is 4.79 Å². The summed E-state index contributed by atoms with van der Waals surface area (Å²) in [6.45, 7) is 0.913. The molecule has 74 valence electrons. The Morgan fingerprint density at radius 3 is 2.79 bits per heavy atom. The second kappa shape index (κ2) is 4.51. The van der Waals surface area contributed by atoms with Crippen molar-refractivity contribution in [2.24, 2.45) is 0 Å². The molecular weight excluding hydrogens is 194 g/mol. The molecule has 0 aromatic heterocycles. The molecule has 3 heteroatoms. The van der Waals surface area contributed by atoms with Crippen molar-refractivity contribution in [1.82, 2.24) is 4.90 Å². The summed E-state index contributed by atoms with van der Waals surface area (Å²) in [5, 5.41) is 0. The van der Waals surface area contributed by atoms with Gasteiger partial charge in [0.1, 0.15) is 0 Å². The first-order chi connectivity index (χ1) is 6.86. The van der Waals surface area contributed by atoms with Crippen molar-refractivity contribution in [1.29, 1.82) is 0 Å². The SMILES string of the molecule is O=C(Cc1ccccc1)N1CCSC1. The Kier molecular flexibility index (Phi) is 3.09. The maximum atomic E-state index is 11.7. The van der Waals surface area contributed by atoms with Gasteiger partial charge in [0, 0.05) is 12.3 Å². The number of carbonyl (C=O) groups is 1. The predicted octanol–water partition coefficient (Wildman–Crippen LogP) is 1.76. The largest absolute Gasteiger partial charge is 0.332 e. The quantitative estimate of drug-likeness (QED) is 0.736. The highest BCUT2D eigenvalue weighted by atomic mass is 32.2. The molecule has 2 rings (SSSR count). The van der Waals surface area contributed by atoms with Crippen LogP contribution in [0.25, 0.3) is 0 Å². The molecule has 0 saturated carbocycles. The molecule has 0 atom stereocenters. The standard InChI is InChI=1S/C11H13NOS/c13-11(12-6-7-14-9-12)8-10-4-2-1-3-5-10/h1-5H,6-9H2. The molecule has 0 unspecified atom stereocenters. The van der Waals surface area contributed by atoms with Crippen molar-refractivity contribution in [3.05, 3.63) is 35.9 Å². The van der Waals surface area contributed by atoms with E-state index in [4.69, 9.17) is 0 Å². The van der Waals surface area contributed by atoms with Crippen LogP contribution >= 0.6 is 11.8 Å². The van der Waals surface area contributed by atoms with Gasteiger partial charge < -0.3 is 4.90 Å². The minimum atomic E-state index is 0.251.